The van der Waals surface area contributed by atoms with Gasteiger partial charge < -0.3 is 15.7 Å². The summed E-state index contributed by atoms with van der Waals surface area (Å²) in [6.07, 6.45) is -3.30. The Kier molecular flexibility index (Phi) is 4.12. The highest BCUT2D eigenvalue weighted by atomic mass is 32.1. The molecule has 0 bridgehead atoms. The molecule has 1 aliphatic heterocycles. The third kappa shape index (κ3) is 3.62. The van der Waals surface area contributed by atoms with Gasteiger partial charge in [-0.2, -0.15) is 13.2 Å². The highest BCUT2D eigenvalue weighted by Gasteiger charge is 2.35. The van der Waals surface area contributed by atoms with E-state index in [1.807, 2.05) is 0 Å². The van der Waals surface area contributed by atoms with Crippen LogP contribution in [0.4, 0.5) is 19.0 Å². The van der Waals surface area contributed by atoms with Crippen molar-refractivity contribution in [2.45, 2.75) is 31.5 Å². The van der Waals surface area contributed by atoms with Gasteiger partial charge in [0, 0.05) is 13.1 Å². The zero-order valence-corrected chi connectivity index (χ0v) is 12.3. The zero-order chi connectivity index (χ0) is 15.8. The number of anilines is 1. The van der Waals surface area contributed by atoms with E-state index in [0.29, 0.717) is 19.4 Å². The van der Waals surface area contributed by atoms with E-state index in [2.05, 4.69) is 4.98 Å². The van der Waals surface area contributed by atoms with Crippen molar-refractivity contribution >= 4 is 23.0 Å². The molecule has 1 atom stereocenters. The highest BCUT2D eigenvalue weighted by molar-refractivity contribution is 7.80. The van der Waals surface area contributed by atoms with Crippen molar-refractivity contribution in [2.24, 2.45) is 5.73 Å². The van der Waals surface area contributed by atoms with Crippen molar-refractivity contribution in [2.75, 3.05) is 18.0 Å². The Labute approximate surface area is 125 Å². The van der Waals surface area contributed by atoms with Crippen LogP contribution < -0.4 is 10.6 Å². The van der Waals surface area contributed by atoms with Crippen molar-refractivity contribution in [3.8, 4) is 0 Å². The fourth-order valence-electron chi connectivity index (χ4n) is 2.44. The second-order valence-corrected chi connectivity index (χ2v) is 5.89. The fraction of sp³-hybridized carbons (Fsp3) is 0.538. The average molecular weight is 319 g/mol. The molecular weight excluding hydrogens is 303 g/mol. The first-order valence-electron chi connectivity index (χ1n) is 6.45. The second-order valence-electron chi connectivity index (χ2n) is 5.45. The zero-order valence-electron chi connectivity index (χ0n) is 11.4. The molecule has 3 N–H and O–H groups in total. The summed E-state index contributed by atoms with van der Waals surface area (Å²) in [6.45, 7) is 2.34. The van der Waals surface area contributed by atoms with E-state index < -0.39 is 17.5 Å². The quantitative estimate of drug-likeness (QED) is 0.817. The maximum atomic E-state index is 12.8. The number of halogens is 3. The highest BCUT2D eigenvalue weighted by Crippen LogP contribution is 2.32. The largest absolute Gasteiger partial charge is 0.433 e. The molecule has 2 rings (SSSR count). The van der Waals surface area contributed by atoms with Crippen molar-refractivity contribution in [3.63, 3.8) is 0 Å². The van der Waals surface area contributed by atoms with Gasteiger partial charge in [-0.3, -0.25) is 0 Å². The van der Waals surface area contributed by atoms with E-state index >= 15 is 0 Å². The number of hydrogen-bond donors (Lipinski definition) is 2. The lowest BCUT2D eigenvalue weighted by Gasteiger charge is -2.38. The van der Waals surface area contributed by atoms with Crippen molar-refractivity contribution in [3.05, 3.63) is 23.4 Å². The van der Waals surface area contributed by atoms with E-state index in [0.717, 1.165) is 6.07 Å². The maximum absolute atomic E-state index is 12.8. The fourth-order valence-corrected chi connectivity index (χ4v) is 2.60. The summed E-state index contributed by atoms with van der Waals surface area (Å²) in [5, 5.41) is 10.1. The number of nitrogens with zero attached hydrogens (tertiary/aromatic N) is 2. The van der Waals surface area contributed by atoms with Crippen LogP contribution in [0.15, 0.2) is 12.1 Å². The molecule has 1 unspecified atom stereocenters. The number of nitrogens with two attached hydrogens (primary N) is 1. The van der Waals surface area contributed by atoms with Crippen LogP contribution in [0, 0.1) is 0 Å². The molecule has 8 heteroatoms. The molecular formula is C13H16F3N3OS. The SMILES string of the molecule is CC1(O)CCCN(c2nc(C(F)(F)F)ccc2C(N)=S)C1. The molecule has 0 saturated carbocycles. The number of rotatable bonds is 2. The molecule has 4 nitrogen and oxygen atoms in total. The van der Waals surface area contributed by atoms with Gasteiger partial charge in [-0.15, -0.1) is 0 Å². The standard InChI is InChI=1S/C13H16F3N3OS/c1-12(20)5-2-6-19(7-12)11-8(10(17)21)3-4-9(18-11)13(14,15)16/h3-4,20H,2,5-7H2,1H3,(H2,17,21). The van der Waals surface area contributed by atoms with E-state index in [1.54, 1.807) is 11.8 Å². The van der Waals surface area contributed by atoms with Crippen LogP contribution in [0.3, 0.4) is 0 Å². The van der Waals surface area contributed by atoms with E-state index in [9.17, 15) is 18.3 Å². The van der Waals surface area contributed by atoms with Crippen LogP contribution in [0.5, 0.6) is 0 Å². The Morgan fingerprint density at radius 2 is 2.14 bits per heavy atom. The number of aliphatic hydroxyl groups is 1. The van der Waals surface area contributed by atoms with Gasteiger partial charge in [0.2, 0.25) is 0 Å². The Balaban J connectivity index is 2.46. The van der Waals surface area contributed by atoms with Gasteiger partial charge in [0.05, 0.1) is 11.2 Å². The molecule has 1 aromatic rings. The van der Waals surface area contributed by atoms with Gasteiger partial charge in [-0.05, 0) is 31.9 Å². The summed E-state index contributed by atoms with van der Waals surface area (Å²) in [4.78, 5) is 5.26. The summed E-state index contributed by atoms with van der Waals surface area (Å²) in [6, 6.07) is 2.09. The van der Waals surface area contributed by atoms with Crippen LogP contribution in [0.1, 0.15) is 31.0 Å². The normalized spacial score (nSPS) is 23.2. The third-order valence-electron chi connectivity index (χ3n) is 3.41. The molecule has 21 heavy (non-hydrogen) atoms. The van der Waals surface area contributed by atoms with Crippen molar-refractivity contribution in [1.82, 2.24) is 4.98 Å². The molecule has 0 amide bonds. The predicted molar refractivity (Wildman–Crippen MR) is 77.2 cm³/mol. The Morgan fingerprint density at radius 3 is 2.67 bits per heavy atom. The molecule has 0 spiro atoms. The van der Waals surface area contributed by atoms with Crippen LogP contribution in [-0.4, -0.2) is 33.8 Å². The van der Waals surface area contributed by atoms with Crippen LogP contribution in [0.2, 0.25) is 0 Å². The number of alkyl halides is 3. The van der Waals surface area contributed by atoms with Crippen LogP contribution >= 0.6 is 12.2 Å². The lowest BCUT2D eigenvalue weighted by atomic mass is 9.95. The first-order valence-corrected chi connectivity index (χ1v) is 6.86. The lowest BCUT2D eigenvalue weighted by molar-refractivity contribution is -0.141. The number of aromatic nitrogens is 1. The molecule has 0 radical (unpaired) electrons. The van der Waals surface area contributed by atoms with Gasteiger partial charge in [0.25, 0.3) is 0 Å². The number of thiocarbonyl (C=S) groups is 1. The first-order chi connectivity index (χ1) is 9.60. The van der Waals surface area contributed by atoms with Gasteiger partial charge >= 0.3 is 6.18 Å². The molecule has 0 aromatic carbocycles. The monoisotopic (exact) mass is 319 g/mol. The van der Waals surface area contributed by atoms with Crippen LogP contribution in [0.25, 0.3) is 0 Å². The van der Waals surface area contributed by atoms with E-state index in [-0.39, 0.29) is 22.9 Å². The molecule has 1 fully saturated rings. The summed E-state index contributed by atoms with van der Waals surface area (Å²) in [5.74, 6) is 0.0808. The topological polar surface area (TPSA) is 62.4 Å². The third-order valence-corrected chi connectivity index (χ3v) is 3.63. The van der Waals surface area contributed by atoms with Crippen molar-refractivity contribution < 1.29 is 18.3 Å². The predicted octanol–water partition coefficient (Wildman–Crippen LogP) is 2.09. The molecule has 116 valence electrons. The Bertz CT molecular complexity index is 560. The average Bonchev–Trinajstić information content (AvgIpc) is 2.35. The van der Waals surface area contributed by atoms with E-state index in [4.69, 9.17) is 18.0 Å². The minimum absolute atomic E-state index is 0.0172. The molecule has 2 heterocycles. The van der Waals surface area contributed by atoms with Crippen molar-refractivity contribution in [1.29, 1.82) is 0 Å². The van der Waals surface area contributed by atoms with E-state index in [1.165, 1.54) is 6.07 Å². The number of β-amino-alcohol motifs (C(OH)–C–C–N with tert-alkyl or cyclic N) is 1. The summed E-state index contributed by atoms with van der Waals surface area (Å²) in [5.41, 5.74) is 3.89. The van der Waals surface area contributed by atoms with Gasteiger partial charge in [0.1, 0.15) is 16.5 Å². The Morgan fingerprint density at radius 1 is 1.48 bits per heavy atom. The summed E-state index contributed by atoms with van der Waals surface area (Å²) >= 11 is 4.88. The second kappa shape index (κ2) is 5.42. The van der Waals surface area contributed by atoms with Gasteiger partial charge in [-0.1, -0.05) is 12.2 Å². The number of pyridine rings is 1. The maximum Gasteiger partial charge on any atom is 0.433 e. The van der Waals surface area contributed by atoms with Crippen LogP contribution in [-0.2, 0) is 6.18 Å². The molecule has 1 aromatic heterocycles. The number of piperidine rings is 1. The Hall–Kier alpha value is -1.41. The molecule has 1 aliphatic rings. The summed E-state index contributed by atoms with van der Waals surface area (Å²) in [7, 11) is 0. The molecule has 1 saturated heterocycles. The summed E-state index contributed by atoms with van der Waals surface area (Å²) < 4.78 is 38.5. The van der Waals surface area contributed by atoms with Gasteiger partial charge in [0.15, 0.2) is 0 Å². The minimum Gasteiger partial charge on any atom is -0.389 e. The first kappa shape index (κ1) is 16.0. The van der Waals surface area contributed by atoms with Gasteiger partial charge in [-0.25, -0.2) is 4.98 Å². The number of hydrogen-bond acceptors (Lipinski definition) is 4. The minimum atomic E-state index is -4.54. The lowest BCUT2D eigenvalue weighted by Crippen LogP contribution is -2.47. The smallest absolute Gasteiger partial charge is 0.389 e. The molecule has 0 aliphatic carbocycles.